The highest BCUT2D eigenvalue weighted by Gasteiger charge is 2.60. The molecule has 1 unspecified atom stereocenters. The zero-order chi connectivity index (χ0) is 12.7. The first-order valence-corrected chi connectivity index (χ1v) is 7.10. The van der Waals surface area contributed by atoms with Crippen LogP contribution in [0.2, 0.25) is 5.02 Å². The third-order valence-electron chi connectivity index (χ3n) is 3.26. The van der Waals surface area contributed by atoms with Crippen molar-refractivity contribution in [1.29, 1.82) is 0 Å². The van der Waals surface area contributed by atoms with Gasteiger partial charge in [-0.25, -0.2) is 8.42 Å². The molecule has 0 amide bonds. The molecule has 6 heteroatoms. The van der Waals surface area contributed by atoms with E-state index in [-0.39, 0.29) is 18.1 Å². The number of aliphatic hydroxyl groups excluding tert-OH is 2. The van der Waals surface area contributed by atoms with Crippen LogP contribution >= 0.6 is 11.6 Å². The summed E-state index contributed by atoms with van der Waals surface area (Å²) in [4.78, 5) is 0.177. The van der Waals surface area contributed by atoms with Crippen molar-refractivity contribution in [2.24, 2.45) is 5.41 Å². The molecule has 0 saturated heterocycles. The number of hydrogen-bond donors (Lipinski definition) is 2. The first-order valence-electron chi connectivity index (χ1n) is 5.17. The fourth-order valence-electron chi connectivity index (χ4n) is 1.92. The van der Waals surface area contributed by atoms with Crippen LogP contribution in [0, 0.1) is 5.41 Å². The fourth-order valence-corrected chi connectivity index (χ4v) is 4.25. The molecule has 0 radical (unpaired) electrons. The van der Waals surface area contributed by atoms with E-state index in [1.165, 1.54) is 24.3 Å². The van der Waals surface area contributed by atoms with Crippen LogP contribution in [0.25, 0.3) is 0 Å². The van der Waals surface area contributed by atoms with Gasteiger partial charge in [0.25, 0.3) is 0 Å². The third kappa shape index (κ3) is 2.08. The molecule has 0 aliphatic heterocycles. The summed E-state index contributed by atoms with van der Waals surface area (Å²) in [6, 6.07) is 5.90. The second-order valence-electron chi connectivity index (χ2n) is 4.37. The van der Waals surface area contributed by atoms with Gasteiger partial charge in [-0.05, 0) is 30.7 Å². The summed E-state index contributed by atoms with van der Waals surface area (Å²) in [6.07, 6.45) is 0.297. The summed E-state index contributed by atoms with van der Waals surface area (Å²) in [5, 5.41) is 18.0. The molecule has 0 bridgehead atoms. The van der Waals surface area contributed by atoms with Crippen molar-refractivity contribution in [2.75, 3.05) is 13.2 Å². The first kappa shape index (κ1) is 12.8. The minimum atomic E-state index is -3.49. The van der Waals surface area contributed by atoms with Crippen molar-refractivity contribution in [2.45, 2.75) is 16.6 Å². The monoisotopic (exact) mass is 276 g/mol. The van der Waals surface area contributed by atoms with Crippen LogP contribution in [0.1, 0.15) is 6.42 Å². The van der Waals surface area contributed by atoms with Gasteiger partial charge in [0.1, 0.15) is 0 Å². The molecular weight excluding hydrogens is 264 g/mol. The quantitative estimate of drug-likeness (QED) is 0.855. The van der Waals surface area contributed by atoms with Crippen molar-refractivity contribution in [3.63, 3.8) is 0 Å². The van der Waals surface area contributed by atoms with E-state index in [2.05, 4.69) is 0 Å². The maximum absolute atomic E-state index is 12.2. The van der Waals surface area contributed by atoms with Crippen molar-refractivity contribution in [1.82, 2.24) is 0 Å². The summed E-state index contributed by atoms with van der Waals surface area (Å²) >= 11 is 5.69. The van der Waals surface area contributed by atoms with Gasteiger partial charge in [0.2, 0.25) is 0 Å². The SMILES string of the molecule is O=S(=O)(c1ccc(Cl)cc1)C1CC1(CO)CO. The van der Waals surface area contributed by atoms with Gasteiger partial charge in [-0.15, -0.1) is 0 Å². The van der Waals surface area contributed by atoms with Crippen molar-refractivity contribution in [3.05, 3.63) is 29.3 Å². The molecule has 2 N–H and O–H groups in total. The number of rotatable bonds is 4. The molecule has 1 aliphatic carbocycles. The molecule has 0 aromatic heterocycles. The lowest BCUT2D eigenvalue weighted by molar-refractivity contribution is 0.134. The molecule has 1 atom stereocenters. The maximum atomic E-state index is 12.2. The van der Waals surface area contributed by atoms with E-state index in [0.29, 0.717) is 11.4 Å². The number of hydrogen-bond acceptors (Lipinski definition) is 4. The number of aliphatic hydroxyl groups is 2. The van der Waals surface area contributed by atoms with Crippen molar-refractivity contribution < 1.29 is 18.6 Å². The van der Waals surface area contributed by atoms with E-state index >= 15 is 0 Å². The normalized spacial score (nSPS) is 22.4. The number of halogens is 1. The lowest BCUT2D eigenvalue weighted by Crippen LogP contribution is -2.22. The Labute approximate surface area is 105 Å². The van der Waals surface area contributed by atoms with Gasteiger partial charge in [0.05, 0.1) is 23.4 Å². The van der Waals surface area contributed by atoms with E-state index < -0.39 is 20.5 Å². The molecule has 17 heavy (non-hydrogen) atoms. The largest absolute Gasteiger partial charge is 0.396 e. The second kappa shape index (κ2) is 4.24. The Balaban J connectivity index is 2.30. The Morgan fingerprint density at radius 3 is 2.18 bits per heavy atom. The van der Waals surface area contributed by atoms with Gasteiger partial charge >= 0.3 is 0 Å². The summed E-state index contributed by atoms with van der Waals surface area (Å²) in [6.45, 7) is -0.637. The lowest BCUT2D eigenvalue weighted by Gasteiger charge is -2.10. The average molecular weight is 277 g/mol. The summed E-state index contributed by atoms with van der Waals surface area (Å²) in [7, 11) is -3.49. The number of sulfone groups is 1. The molecule has 0 heterocycles. The van der Waals surface area contributed by atoms with Crippen LogP contribution in [0.5, 0.6) is 0 Å². The van der Waals surface area contributed by atoms with E-state index in [4.69, 9.17) is 21.8 Å². The predicted octanol–water partition coefficient (Wildman–Crippen LogP) is 0.857. The smallest absolute Gasteiger partial charge is 0.181 e. The van der Waals surface area contributed by atoms with Crippen molar-refractivity contribution in [3.8, 4) is 0 Å². The Morgan fingerprint density at radius 2 is 1.76 bits per heavy atom. The summed E-state index contributed by atoms with van der Waals surface area (Å²) in [5.74, 6) is 0. The Morgan fingerprint density at radius 1 is 1.24 bits per heavy atom. The molecule has 1 aliphatic rings. The van der Waals surface area contributed by atoms with Gasteiger partial charge in [0, 0.05) is 10.4 Å². The number of benzene rings is 1. The second-order valence-corrected chi connectivity index (χ2v) is 6.94. The first-order chi connectivity index (χ1) is 7.96. The Kier molecular flexibility index (Phi) is 3.20. The highest BCUT2D eigenvalue weighted by molar-refractivity contribution is 7.92. The predicted molar refractivity (Wildman–Crippen MR) is 63.6 cm³/mol. The molecule has 94 valence electrons. The van der Waals surface area contributed by atoms with Crippen molar-refractivity contribution >= 4 is 21.4 Å². The Hall–Kier alpha value is -0.620. The zero-order valence-corrected chi connectivity index (χ0v) is 10.6. The Bertz CT molecular complexity index is 505. The van der Waals surface area contributed by atoms with Crippen LogP contribution in [0.15, 0.2) is 29.2 Å². The molecule has 4 nitrogen and oxygen atoms in total. The van der Waals surface area contributed by atoms with Gasteiger partial charge in [0.15, 0.2) is 9.84 Å². The topological polar surface area (TPSA) is 74.6 Å². The van der Waals surface area contributed by atoms with Crippen LogP contribution in [0.4, 0.5) is 0 Å². The molecule has 2 rings (SSSR count). The molecule has 1 fully saturated rings. The van der Waals surface area contributed by atoms with Gasteiger partial charge in [-0.2, -0.15) is 0 Å². The minimum Gasteiger partial charge on any atom is -0.396 e. The van der Waals surface area contributed by atoms with Gasteiger partial charge in [-0.3, -0.25) is 0 Å². The van der Waals surface area contributed by atoms with Crippen LogP contribution in [-0.4, -0.2) is 37.1 Å². The van der Waals surface area contributed by atoms with Crippen LogP contribution in [0.3, 0.4) is 0 Å². The van der Waals surface area contributed by atoms with Crippen LogP contribution in [-0.2, 0) is 9.84 Å². The summed E-state index contributed by atoms with van der Waals surface area (Å²) in [5.41, 5.74) is -0.877. The van der Waals surface area contributed by atoms with Gasteiger partial charge < -0.3 is 10.2 Å². The molecule has 1 saturated carbocycles. The van der Waals surface area contributed by atoms with E-state index in [1.807, 2.05) is 0 Å². The minimum absolute atomic E-state index is 0.177. The molecule has 1 aromatic rings. The third-order valence-corrected chi connectivity index (χ3v) is 5.86. The van der Waals surface area contributed by atoms with E-state index in [9.17, 15) is 8.42 Å². The summed E-state index contributed by atoms with van der Waals surface area (Å²) < 4.78 is 24.3. The highest BCUT2D eigenvalue weighted by Crippen LogP contribution is 2.51. The fraction of sp³-hybridized carbons (Fsp3) is 0.455. The molecule has 0 spiro atoms. The van der Waals surface area contributed by atoms with Gasteiger partial charge in [-0.1, -0.05) is 11.6 Å². The zero-order valence-electron chi connectivity index (χ0n) is 9.01. The maximum Gasteiger partial charge on any atom is 0.181 e. The highest BCUT2D eigenvalue weighted by atomic mass is 35.5. The van der Waals surface area contributed by atoms with Crippen LogP contribution < -0.4 is 0 Å². The van der Waals surface area contributed by atoms with E-state index in [0.717, 1.165) is 0 Å². The standard InChI is InChI=1S/C11H13ClO4S/c12-8-1-3-9(4-2-8)17(15,16)10-5-11(10,6-13)7-14/h1-4,10,13-14H,5-7H2. The molecular formula is C11H13ClO4S. The lowest BCUT2D eigenvalue weighted by atomic mass is 10.1. The van der Waals surface area contributed by atoms with E-state index in [1.54, 1.807) is 0 Å². The molecule has 1 aromatic carbocycles. The average Bonchev–Trinajstić information content (AvgIpc) is 3.06.